The highest BCUT2D eigenvalue weighted by Gasteiger charge is 2.11. The van der Waals surface area contributed by atoms with Gasteiger partial charge in [-0.05, 0) is 19.9 Å². The molecule has 1 aromatic rings. The molecule has 0 fully saturated rings. The van der Waals surface area contributed by atoms with Gasteiger partial charge in [0, 0.05) is 24.1 Å². The first-order chi connectivity index (χ1) is 6.59. The van der Waals surface area contributed by atoms with E-state index in [1.165, 1.54) is 0 Å². The van der Waals surface area contributed by atoms with E-state index in [0.717, 1.165) is 5.56 Å². The molecule has 78 valence electrons. The number of carbonyl (C=O) groups is 1. The largest absolute Gasteiger partial charge is 0.472 e. The molecule has 1 rings (SSSR count). The van der Waals surface area contributed by atoms with E-state index in [1.54, 1.807) is 12.5 Å². The summed E-state index contributed by atoms with van der Waals surface area (Å²) < 4.78 is 4.97. The van der Waals surface area contributed by atoms with Gasteiger partial charge < -0.3 is 15.5 Å². The molecule has 0 aliphatic carbocycles. The summed E-state index contributed by atoms with van der Waals surface area (Å²) in [6.07, 6.45) is 3.67. The van der Waals surface area contributed by atoms with Gasteiger partial charge in [0.05, 0.1) is 12.5 Å². The fourth-order valence-corrected chi connectivity index (χ4v) is 1.41. The first-order valence-corrected chi connectivity index (χ1v) is 4.66. The number of rotatable bonds is 5. The fourth-order valence-electron chi connectivity index (χ4n) is 1.41. The van der Waals surface area contributed by atoms with Crippen molar-refractivity contribution in [3.05, 3.63) is 24.2 Å². The van der Waals surface area contributed by atoms with E-state index >= 15 is 0 Å². The van der Waals surface area contributed by atoms with E-state index in [1.807, 2.05) is 19.9 Å². The average molecular weight is 196 g/mol. The summed E-state index contributed by atoms with van der Waals surface area (Å²) in [6.45, 7) is 3.95. The molecule has 4 heteroatoms. The van der Waals surface area contributed by atoms with Crippen LogP contribution in [0, 0.1) is 0 Å². The minimum atomic E-state index is -0.288. The Balaban J connectivity index is 2.41. The van der Waals surface area contributed by atoms with Crippen molar-refractivity contribution in [1.82, 2.24) is 5.32 Å². The molecule has 1 amide bonds. The van der Waals surface area contributed by atoms with Crippen LogP contribution < -0.4 is 11.1 Å². The first kappa shape index (κ1) is 10.8. The summed E-state index contributed by atoms with van der Waals surface area (Å²) in [6, 6.07) is 2.15. The standard InChI is InChI=1S/C10H16N2O2/c1-7(5-10(11)13)12-8(2)9-3-4-14-6-9/h3-4,6-8,12H,5H2,1-2H3,(H2,11,13). The molecule has 0 aromatic carbocycles. The molecule has 1 aromatic heterocycles. The Morgan fingerprint density at radius 3 is 2.86 bits per heavy atom. The quantitative estimate of drug-likeness (QED) is 0.743. The lowest BCUT2D eigenvalue weighted by atomic mass is 10.1. The topological polar surface area (TPSA) is 68.3 Å². The van der Waals surface area contributed by atoms with Crippen molar-refractivity contribution in [2.24, 2.45) is 5.73 Å². The van der Waals surface area contributed by atoms with Crippen LogP contribution in [0.4, 0.5) is 0 Å². The van der Waals surface area contributed by atoms with E-state index in [4.69, 9.17) is 10.2 Å². The number of hydrogen-bond acceptors (Lipinski definition) is 3. The predicted octanol–water partition coefficient (Wildman–Crippen LogP) is 1.19. The molecule has 14 heavy (non-hydrogen) atoms. The predicted molar refractivity (Wildman–Crippen MR) is 53.5 cm³/mol. The number of primary amides is 1. The summed E-state index contributed by atoms with van der Waals surface area (Å²) in [4.78, 5) is 10.6. The van der Waals surface area contributed by atoms with Crippen molar-refractivity contribution in [3.8, 4) is 0 Å². The molecule has 2 atom stereocenters. The van der Waals surface area contributed by atoms with E-state index in [-0.39, 0.29) is 18.0 Å². The second kappa shape index (κ2) is 4.81. The van der Waals surface area contributed by atoms with Crippen LogP contribution >= 0.6 is 0 Å². The van der Waals surface area contributed by atoms with Gasteiger partial charge in [-0.25, -0.2) is 0 Å². The van der Waals surface area contributed by atoms with Crippen molar-refractivity contribution < 1.29 is 9.21 Å². The molecule has 0 aliphatic heterocycles. The Morgan fingerprint density at radius 1 is 1.64 bits per heavy atom. The van der Waals surface area contributed by atoms with Crippen LogP contribution in [0.1, 0.15) is 31.9 Å². The van der Waals surface area contributed by atoms with Crippen LogP contribution in [0.2, 0.25) is 0 Å². The highest BCUT2D eigenvalue weighted by Crippen LogP contribution is 2.13. The zero-order valence-electron chi connectivity index (χ0n) is 8.49. The molecule has 0 radical (unpaired) electrons. The molecule has 0 spiro atoms. The first-order valence-electron chi connectivity index (χ1n) is 4.66. The second-order valence-corrected chi connectivity index (χ2v) is 3.52. The molecule has 2 unspecified atom stereocenters. The maximum atomic E-state index is 10.6. The Morgan fingerprint density at radius 2 is 2.36 bits per heavy atom. The van der Waals surface area contributed by atoms with Gasteiger partial charge in [0.1, 0.15) is 0 Å². The minimum absolute atomic E-state index is 0.0809. The van der Waals surface area contributed by atoms with Crippen LogP contribution in [0.15, 0.2) is 23.0 Å². The molecule has 3 N–H and O–H groups in total. The summed E-state index contributed by atoms with van der Waals surface area (Å²) in [5.41, 5.74) is 6.16. The number of furan rings is 1. The number of amides is 1. The second-order valence-electron chi connectivity index (χ2n) is 3.52. The fraction of sp³-hybridized carbons (Fsp3) is 0.500. The summed E-state index contributed by atoms with van der Waals surface area (Å²) in [7, 11) is 0. The lowest BCUT2D eigenvalue weighted by Gasteiger charge is -2.17. The van der Waals surface area contributed by atoms with Gasteiger partial charge in [-0.3, -0.25) is 4.79 Å². The summed E-state index contributed by atoms with van der Waals surface area (Å²) >= 11 is 0. The Labute approximate surface area is 83.5 Å². The molecule has 0 aliphatic rings. The molecule has 0 saturated heterocycles. The van der Waals surface area contributed by atoms with Crippen LogP contribution in [0.5, 0.6) is 0 Å². The normalized spacial score (nSPS) is 15.0. The zero-order chi connectivity index (χ0) is 10.6. The molecule has 4 nitrogen and oxygen atoms in total. The van der Waals surface area contributed by atoms with Crippen LogP contribution in [-0.2, 0) is 4.79 Å². The Kier molecular flexibility index (Phi) is 3.71. The number of nitrogens with one attached hydrogen (secondary N) is 1. The van der Waals surface area contributed by atoms with E-state index < -0.39 is 0 Å². The van der Waals surface area contributed by atoms with Gasteiger partial charge in [-0.2, -0.15) is 0 Å². The minimum Gasteiger partial charge on any atom is -0.472 e. The third-order valence-electron chi connectivity index (χ3n) is 2.09. The third-order valence-corrected chi connectivity index (χ3v) is 2.09. The number of nitrogens with two attached hydrogens (primary N) is 1. The molecular weight excluding hydrogens is 180 g/mol. The van der Waals surface area contributed by atoms with Crippen molar-refractivity contribution >= 4 is 5.91 Å². The number of hydrogen-bond donors (Lipinski definition) is 2. The molecule has 0 saturated carbocycles. The maximum Gasteiger partial charge on any atom is 0.218 e. The molecule has 1 heterocycles. The van der Waals surface area contributed by atoms with E-state index in [9.17, 15) is 4.79 Å². The van der Waals surface area contributed by atoms with Gasteiger partial charge in [-0.1, -0.05) is 0 Å². The Bertz CT molecular complexity index is 282. The Hall–Kier alpha value is -1.29. The van der Waals surface area contributed by atoms with E-state index in [2.05, 4.69) is 5.32 Å². The summed E-state index contributed by atoms with van der Waals surface area (Å²) in [5.74, 6) is -0.288. The zero-order valence-corrected chi connectivity index (χ0v) is 8.49. The van der Waals surface area contributed by atoms with Gasteiger partial charge in [0.15, 0.2) is 0 Å². The molecular formula is C10H16N2O2. The molecule has 0 bridgehead atoms. The SMILES string of the molecule is CC(CC(N)=O)NC(C)c1ccoc1. The van der Waals surface area contributed by atoms with E-state index in [0.29, 0.717) is 6.42 Å². The summed E-state index contributed by atoms with van der Waals surface area (Å²) in [5, 5.41) is 3.25. The highest BCUT2D eigenvalue weighted by molar-refractivity contribution is 5.74. The smallest absolute Gasteiger partial charge is 0.218 e. The van der Waals surface area contributed by atoms with Crippen molar-refractivity contribution in [2.75, 3.05) is 0 Å². The number of carbonyl (C=O) groups excluding carboxylic acids is 1. The van der Waals surface area contributed by atoms with Crippen molar-refractivity contribution in [1.29, 1.82) is 0 Å². The van der Waals surface area contributed by atoms with Gasteiger partial charge >= 0.3 is 0 Å². The van der Waals surface area contributed by atoms with Crippen molar-refractivity contribution in [2.45, 2.75) is 32.4 Å². The van der Waals surface area contributed by atoms with Crippen LogP contribution in [0.3, 0.4) is 0 Å². The lowest BCUT2D eigenvalue weighted by Crippen LogP contribution is -2.32. The third kappa shape index (κ3) is 3.22. The van der Waals surface area contributed by atoms with Gasteiger partial charge in [0.2, 0.25) is 5.91 Å². The van der Waals surface area contributed by atoms with Gasteiger partial charge in [-0.15, -0.1) is 0 Å². The lowest BCUT2D eigenvalue weighted by molar-refractivity contribution is -0.118. The maximum absolute atomic E-state index is 10.6. The monoisotopic (exact) mass is 196 g/mol. The van der Waals surface area contributed by atoms with Crippen LogP contribution in [-0.4, -0.2) is 11.9 Å². The van der Waals surface area contributed by atoms with Gasteiger partial charge in [0.25, 0.3) is 0 Å². The average Bonchev–Trinajstić information content (AvgIpc) is 2.53. The highest BCUT2D eigenvalue weighted by atomic mass is 16.3. The van der Waals surface area contributed by atoms with Crippen molar-refractivity contribution in [3.63, 3.8) is 0 Å². The van der Waals surface area contributed by atoms with Crippen LogP contribution in [0.25, 0.3) is 0 Å².